The van der Waals surface area contributed by atoms with Gasteiger partial charge in [0.15, 0.2) is 5.13 Å². The van der Waals surface area contributed by atoms with Crippen molar-refractivity contribution in [2.75, 3.05) is 19.0 Å². The highest BCUT2D eigenvalue weighted by molar-refractivity contribution is 7.14. The molecular weight excluding hydrogens is 364 g/mol. The van der Waals surface area contributed by atoms with Crippen LogP contribution >= 0.6 is 11.3 Å². The maximum atomic E-state index is 12.1. The molecule has 3 rings (SSSR count). The largest absolute Gasteiger partial charge is 0.497 e. The Morgan fingerprint density at radius 1 is 1.30 bits per heavy atom. The number of amides is 2. The van der Waals surface area contributed by atoms with Gasteiger partial charge in [0.1, 0.15) is 5.75 Å². The van der Waals surface area contributed by atoms with Crippen molar-refractivity contribution >= 4 is 28.3 Å². The third kappa shape index (κ3) is 4.73. The van der Waals surface area contributed by atoms with Crippen LogP contribution in [-0.4, -0.2) is 35.0 Å². The summed E-state index contributed by atoms with van der Waals surface area (Å²) in [5, 5.41) is 7.64. The molecule has 2 aromatic heterocycles. The Bertz CT molecular complexity index is 948. The molecule has 2 heterocycles. The average molecular weight is 384 g/mol. The summed E-state index contributed by atoms with van der Waals surface area (Å²) >= 11 is 1.32. The van der Waals surface area contributed by atoms with Crippen molar-refractivity contribution in [1.82, 2.24) is 14.9 Å². The first-order valence-corrected chi connectivity index (χ1v) is 9.30. The molecule has 0 aliphatic heterocycles. The Morgan fingerprint density at radius 2 is 2.15 bits per heavy atom. The Morgan fingerprint density at radius 3 is 2.89 bits per heavy atom. The molecule has 27 heavy (non-hydrogen) atoms. The van der Waals surface area contributed by atoms with E-state index in [9.17, 15) is 9.59 Å². The lowest BCUT2D eigenvalue weighted by molar-refractivity contribution is -0.115. The number of carbonyl (C=O) groups is 2. The van der Waals surface area contributed by atoms with Crippen LogP contribution in [0.2, 0.25) is 0 Å². The number of hydrogen-bond donors (Lipinski definition) is 2. The minimum atomic E-state index is -0.329. The Labute approximate surface area is 161 Å². The number of nitrogens with one attached hydrogen (secondary N) is 2. The summed E-state index contributed by atoms with van der Waals surface area (Å²) in [4.78, 5) is 28.5. The van der Waals surface area contributed by atoms with E-state index in [4.69, 9.17) is 4.74 Å². The molecule has 0 unspecified atom stereocenters. The van der Waals surface area contributed by atoms with Crippen LogP contribution in [0.1, 0.15) is 17.3 Å². The number of rotatable bonds is 7. The van der Waals surface area contributed by atoms with Gasteiger partial charge in [-0.3, -0.25) is 9.59 Å². The van der Waals surface area contributed by atoms with Crippen molar-refractivity contribution in [3.63, 3.8) is 0 Å². The van der Waals surface area contributed by atoms with Crippen molar-refractivity contribution in [3.05, 3.63) is 53.7 Å². The molecule has 0 aliphatic rings. The molecule has 0 radical (unpaired) electrons. The Hall–Kier alpha value is -3.13. The average Bonchev–Trinajstić information content (AvgIpc) is 3.35. The summed E-state index contributed by atoms with van der Waals surface area (Å²) in [7, 11) is 1.61. The molecule has 0 fully saturated rings. The second kappa shape index (κ2) is 8.50. The molecule has 2 amide bonds. The zero-order valence-corrected chi connectivity index (χ0v) is 15.9. The zero-order chi connectivity index (χ0) is 19.2. The van der Waals surface area contributed by atoms with Gasteiger partial charge in [0.25, 0.3) is 5.91 Å². The van der Waals surface area contributed by atoms with Gasteiger partial charge >= 0.3 is 0 Å². The van der Waals surface area contributed by atoms with E-state index >= 15 is 0 Å². The second-order valence-corrected chi connectivity index (χ2v) is 6.59. The van der Waals surface area contributed by atoms with Crippen LogP contribution < -0.4 is 15.4 Å². The number of methoxy groups -OCH3 is 1. The van der Waals surface area contributed by atoms with Crippen LogP contribution in [0.25, 0.3) is 11.3 Å². The van der Waals surface area contributed by atoms with Crippen molar-refractivity contribution in [2.24, 2.45) is 0 Å². The van der Waals surface area contributed by atoms with Gasteiger partial charge < -0.3 is 19.9 Å². The Balaban J connectivity index is 1.55. The lowest BCUT2D eigenvalue weighted by Gasteiger charge is -2.04. The third-order valence-electron chi connectivity index (χ3n) is 3.90. The van der Waals surface area contributed by atoms with Crippen LogP contribution in [0.4, 0.5) is 5.13 Å². The predicted octanol–water partition coefficient (Wildman–Crippen LogP) is 3.01. The molecule has 2 N–H and O–H groups in total. The highest BCUT2D eigenvalue weighted by Gasteiger charge is 2.11. The first-order valence-electron chi connectivity index (χ1n) is 8.43. The minimum absolute atomic E-state index is 0.121. The first-order chi connectivity index (χ1) is 13.1. The summed E-state index contributed by atoms with van der Waals surface area (Å²) in [6.07, 6.45) is 3.57. The van der Waals surface area contributed by atoms with E-state index in [1.165, 1.54) is 11.3 Å². The lowest BCUT2D eigenvalue weighted by Crippen LogP contribution is -2.32. The van der Waals surface area contributed by atoms with Crippen LogP contribution in [0.15, 0.2) is 48.1 Å². The van der Waals surface area contributed by atoms with Gasteiger partial charge in [0, 0.05) is 29.9 Å². The van der Waals surface area contributed by atoms with E-state index in [1.807, 2.05) is 47.3 Å². The normalized spacial score (nSPS) is 10.4. The number of benzene rings is 1. The van der Waals surface area contributed by atoms with Gasteiger partial charge in [-0.2, -0.15) is 0 Å². The number of ether oxygens (including phenoxy) is 1. The van der Waals surface area contributed by atoms with Crippen LogP contribution in [-0.2, 0) is 11.3 Å². The summed E-state index contributed by atoms with van der Waals surface area (Å²) in [5.74, 6) is 0.129. The van der Waals surface area contributed by atoms with E-state index in [2.05, 4.69) is 15.6 Å². The molecular formula is C19H20N4O3S. The van der Waals surface area contributed by atoms with Gasteiger partial charge in [0.2, 0.25) is 5.91 Å². The minimum Gasteiger partial charge on any atom is -0.497 e. The van der Waals surface area contributed by atoms with E-state index in [-0.39, 0.29) is 18.4 Å². The second-order valence-electron chi connectivity index (χ2n) is 5.73. The molecule has 8 heteroatoms. The maximum Gasteiger partial charge on any atom is 0.253 e. The highest BCUT2D eigenvalue weighted by Crippen LogP contribution is 2.27. The van der Waals surface area contributed by atoms with Gasteiger partial charge in [0.05, 0.1) is 24.9 Å². The van der Waals surface area contributed by atoms with Crippen LogP contribution in [0, 0.1) is 0 Å². The van der Waals surface area contributed by atoms with E-state index in [1.54, 1.807) is 19.4 Å². The SMILES string of the molecule is CCn1ccc(C(=O)NCC(=O)Nc2nc(-c3cccc(OC)c3)cs2)c1. The van der Waals surface area contributed by atoms with Crippen molar-refractivity contribution in [1.29, 1.82) is 0 Å². The number of hydrogen-bond acceptors (Lipinski definition) is 5. The lowest BCUT2D eigenvalue weighted by atomic mass is 10.2. The summed E-state index contributed by atoms with van der Waals surface area (Å²) in [6, 6.07) is 9.26. The number of nitrogens with zero attached hydrogens (tertiary/aromatic N) is 2. The van der Waals surface area contributed by atoms with Gasteiger partial charge in [-0.1, -0.05) is 12.1 Å². The molecule has 0 spiro atoms. The molecule has 0 bridgehead atoms. The number of carbonyl (C=O) groups excluding carboxylic acids is 2. The third-order valence-corrected chi connectivity index (χ3v) is 4.66. The topological polar surface area (TPSA) is 85.3 Å². The summed E-state index contributed by atoms with van der Waals surface area (Å²) < 4.78 is 7.10. The standard InChI is InChI=1S/C19H20N4O3S/c1-3-23-8-7-14(11-23)18(25)20-10-17(24)22-19-21-16(12-27-19)13-5-4-6-15(9-13)26-2/h4-9,11-12H,3,10H2,1-2H3,(H,20,25)(H,21,22,24). The van der Waals surface area contributed by atoms with Gasteiger partial charge in [-0.05, 0) is 25.1 Å². The summed E-state index contributed by atoms with van der Waals surface area (Å²) in [6.45, 7) is 2.65. The molecule has 3 aromatic rings. The first kappa shape index (κ1) is 18.7. The molecule has 1 aromatic carbocycles. The van der Waals surface area contributed by atoms with E-state index in [0.717, 1.165) is 23.6 Å². The predicted molar refractivity (Wildman–Crippen MR) is 105 cm³/mol. The van der Waals surface area contributed by atoms with Crippen molar-refractivity contribution in [2.45, 2.75) is 13.5 Å². The Kier molecular flexibility index (Phi) is 5.87. The molecule has 0 saturated carbocycles. The van der Waals surface area contributed by atoms with E-state index in [0.29, 0.717) is 10.7 Å². The summed E-state index contributed by atoms with van der Waals surface area (Å²) in [5.41, 5.74) is 2.18. The maximum absolute atomic E-state index is 12.1. The fourth-order valence-corrected chi connectivity index (χ4v) is 3.18. The fourth-order valence-electron chi connectivity index (χ4n) is 2.44. The number of anilines is 1. The van der Waals surface area contributed by atoms with Crippen LogP contribution in [0.3, 0.4) is 0 Å². The molecule has 0 atom stereocenters. The number of thiazole rings is 1. The smallest absolute Gasteiger partial charge is 0.253 e. The number of aryl methyl sites for hydroxylation is 1. The molecule has 0 saturated heterocycles. The van der Waals surface area contributed by atoms with Crippen molar-refractivity contribution in [3.8, 4) is 17.0 Å². The quantitative estimate of drug-likeness (QED) is 0.656. The monoisotopic (exact) mass is 384 g/mol. The highest BCUT2D eigenvalue weighted by atomic mass is 32.1. The fraction of sp³-hybridized carbons (Fsp3) is 0.211. The molecule has 7 nitrogen and oxygen atoms in total. The number of aromatic nitrogens is 2. The van der Waals surface area contributed by atoms with Crippen LogP contribution in [0.5, 0.6) is 5.75 Å². The van der Waals surface area contributed by atoms with Crippen molar-refractivity contribution < 1.29 is 14.3 Å². The molecule has 0 aliphatic carbocycles. The zero-order valence-electron chi connectivity index (χ0n) is 15.1. The van der Waals surface area contributed by atoms with Gasteiger partial charge in [-0.15, -0.1) is 11.3 Å². The van der Waals surface area contributed by atoms with Gasteiger partial charge in [-0.25, -0.2) is 4.98 Å². The van der Waals surface area contributed by atoms with E-state index < -0.39 is 0 Å². The molecule has 140 valence electrons.